The van der Waals surface area contributed by atoms with Gasteiger partial charge in [-0.05, 0) is 35.9 Å². The van der Waals surface area contributed by atoms with Gasteiger partial charge in [0.25, 0.3) is 0 Å². The van der Waals surface area contributed by atoms with E-state index in [1.165, 1.54) is 7.11 Å². The van der Waals surface area contributed by atoms with Gasteiger partial charge in [0.05, 0.1) is 23.7 Å². The smallest absolute Gasteiger partial charge is 0.243 e. The Kier molecular flexibility index (Phi) is 7.45. The van der Waals surface area contributed by atoms with Crippen LogP contribution < -0.4 is 25.2 Å². The second kappa shape index (κ2) is 10.7. The van der Waals surface area contributed by atoms with Crippen molar-refractivity contribution >= 4 is 46.4 Å². The van der Waals surface area contributed by atoms with Crippen LogP contribution in [0.15, 0.2) is 66.7 Å². The zero-order chi connectivity index (χ0) is 24.1. The van der Waals surface area contributed by atoms with Gasteiger partial charge in [-0.1, -0.05) is 53.5 Å². The van der Waals surface area contributed by atoms with E-state index in [0.29, 0.717) is 39.5 Å². The fourth-order valence-corrected chi connectivity index (χ4v) is 4.04. The number of rotatable bonds is 8. The number of ether oxygens (including phenoxy) is 2. The minimum absolute atomic E-state index is 0.118. The Morgan fingerprint density at radius 1 is 1.09 bits per heavy atom. The van der Waals surface area contributed by atoms with Crippen LogP contribution in [0, 0.1) is 5.92 Å². The molecular weight excluding hydrogens is 477 g/mol. The maximum Gasteiger partial charge on any atom is 0.243 e. The molecule has 1 saturated heterocycles. The van der Waals surface area contributed by atoms with Crippen molar-refractivity contribution in [2.24, 2.45) is 5.92 Å². The lowest BCUT2D eigenvalue weighted by Crippen LogP contribution is -2.36. The summed E-state index contributed by atoms with van der Waals surface area (Å²) >= 11 is 12.3. The van der Waals surface area contributed by atoms with Crippen LogP contribution in [0.1, 0.15) is 12.0 Å². The van der Waals surface area contributed by atoms with E-state index in [4.69, 9.17) is 32.7 Å². The zero-order valence-corrected chi connectivity index (χ0v) is 19.9. The summed E-state index contributed by atoms with van der Waals surface area (Å²) in [6, 6.07) is 19.9. The number of nitrogens with zero attached hydrogens (tertiary/aromatic N) is 1. The number of carbonyl (C=O) groups is 2. The number of methoxy groups -OCH3 is 1. The maximum absolute atomic E-state index is 12.7. The number of halogens is 2. The summed E-state index contributed by atoms with van der Waals surface area (Å²) in [5, 5.41) is 0.913. The lowest BCUT2D eigenvalue weighted by Gasteiger charge is -2.18. The number of anilines is 2. The van der Waals surface area contributed by atoms with E-state index in [2.05, 4.69) is 10.9 Å². The van der Waals surface area contributed by atoms with E-state index in [0.717, 1.165) is 5.56 Å². The molecule has 1 heterocycles. The fourth-order valence-electron chi connectivity index (χ4n) is 3.65. The molecule has 0 aromatic heterocycles. The van der Waals surface area contributed by atoms with E-state index in [1.54, 1.807) is 41.3 Å². The third-order valence-corrected chi connectivity index (χ3v) is 5.95. The molecule has 3 aromatic rings. The Morgan fingerprint density at radius 3 is 2.53 bits per heavy atom. The Bertz CT molecular complexity index is 1170. The van der Waals surface area contributed by atoms with Crippen LogP contribution in [-0.2, 0) is 16.2 Å². The summed E-state index contributed by atoms with van der Waals surface area (Å²) in [6.45, 7) is 0.616. The molecule has 0 spiro atoms. The van der Waals surface area contributed by atoms with Crippen molar-refractivity contribution in [2.45, 2.75) is 13.0 Å². The first-order valence-corrected chi connectivity index (χ1v) is 11.4. The maximum atomic E-state index is 12.7. The van der Waals surface area contributed by atoms with E-state index in [1.807, 2.05) is 30.3 Å². The average molecular weight is 500 g/mol. The van der Waals surface area contributed by atoms with E-state index in [-0.39, 0.29) is 24.8 Å². The summed E-state index contributed by atoms with van der Waals surface area (Å²) in [6.07, 6.45) is 0.118. The minimum atomic E-state index is -0.499. The lowest BCUT2D eigenvalue weighted by molar-refractivity contribution is -0.125. The summed E-state index contributed by atoms with van der Waals surface area (Å²) in [7, 11) is 1.51. The number of hydrogen-bond acceptors (Lipinski definition) is 5. The number of carbonyl (C=O) groups excluding carboxylic acids is 2. The van der Waals surface area contributed by atoms with Crippen molar-refractivity contribution < 1.29 is 19.1 Å². The van der Waals surface area contributed by atoms with E-state index in [9.17, 15) is 9.59 Å². The van der Waals surface area contributed by atoms with E-state index < -0.39 is 5.92 Å². The number of nitrogens with one attached hydrogen (secondary N) is 2. The molecule has 1 fully saturated rings. The first-order chi connectivity index (χ1) is 16.4. The Morgan fingerprint density at radius 2 is 1.82 bits per heavy atom. The third-order valence-electron chi connectivity index (χ3n) is 5.42. The van der Waals surface area contributed by atoms with Crippen LogP contribution in [0.4, 0.5) is 11.4 Å². The quantitative estimate of drug-likeness (QED) is 0.422. The molecular formula is C25H23Cl2N3O4. The Balaban J connectivity index is 1.37. The molecule has 4 rings (SSSR count). The second-order valence-electron chi connectivity index (χ2n) is 7.76. The van der Waals surface area contributed by atoms with Crippen LogP contribution in [-0.4, -0.2) is 25.5 Å². The molecule has 0 unspecified atom stereocenters. The zero-order valence-electron chi connectivity index (χ0n) is 18.4. The van der Waals surface area contributed by atoms with Crippen LogP contribution in [0.2, 0.25) is 10.0 Å². The van der Waals surface area contributed by atoms with Crippen molar-refractivity contribution in [3.63, 3.8) is 0 Å². The highest BCUT2D eigenvalue weighted by Gasteiger charge is 2.35. The molecule has 34 heavy (non-hydrogen) atoms. The highest BCUT2D eigenvalue weighted by atomic mass is 35.5. The average Bonchev–Trinajstić information content (AvgIpc) is 3.24. The number of benzene rings is 3. The summed E-state index contributed by atoms with van der Waals surface area (Å²) < 4.78 is 11.3. The Labute approximate surface area is 207 Å². The van der Waals surface area contributed by atoms with Crippen molar-refractivity contribution in [3.05, 3.63) is 82.3 Å². The Hall–Kier alpha value is -3.42. The molecule has 2 amide bonds. The number of hydrogen-bond donors (Lipinski definition) is 2. The number of hydrazine groups is 1. The van der Waals surface area contributed by atoms with Crippen LogP contribution in [0.25, 0.3) is 0 Å². The van der Waals surface area contributed by atoms with Gasteiger partial charge in [-0.2, -0.15) is 0 Å². The van der Waals surface area contributed by atoms with Gasteiger partial charge in [0.2, 0.25) is 11.8 Å². The molecule has 0 radical (unpaired) electrons. The summed E-state index contributed by atoms with van der Waals surface area (Å²) in [4.78, 5) is 26.7. The first-order valence-electron chi connectivity index (χ1n) is 10.6. The molecule has 9 heteroatoms. The molecule has 176 valence electrons. The van der Waals surface area contributed by atoms with Crippen molar-refractivity contribution in [1.82, 2.24) is 5.43 Å². The lowest BCUT2D eigenvalue weighted by atomic mass is 10.1. The second-order valence-corrected chi connectivity index (χ2v) is 8.60. The molecule has 1 aliphatic rings. The van der Waals surface area contributed by atoms with Gasteiger partial charge < -0.3 is 14.4 Å². The van der Waals surface area contributed by atoms with Crippen molar-refractivity contribution in [2.75, 3.05) is 24.0 Å². The normalized spacial score (nSPS) is 15.2. The van der Waals surface area contributed by atoms with Crippen LogP contribution in [0.5, 0.6) is 11.5 Å². The first kappa shape index (κ1) is 23.7. The summed E-state index contributed by atoms with van der Waals surface area (Å²) in [5.41, 5.74) is 7.72. The number of amides is 2. The van der Waals surface area contributed by atoms with Gasteiger partial charge in [0.15, 0.2) is 11.5 Å². The van der Waals surface area contributed by atoms with Gasteiger partial charge in [-0.15, -0.1) is 0 Å². The van der Waals surface area contributed by atoms with Crippen LogP contribution >= 0.6 is 23.2 Å². The highest BCUT2D eigenvalue weighted by Crippen LogP contribution is 2.38. The van der Waals surface area contributed by atoms with Gasteiger partial charge in [-0.3, -0.25) is 20.4 Å². The topological polar surface area (TPSA) is 79.9 Å². The third kappa shape index (κ3) is 5.55. The van der Waals surface area contributed by atoms with Gasteiger partial charge in [0.1, 0.15) is 6.61 Å². The molecule has 7 nitrogen and oxygen atoms in total. The van der Waals surface area contributed by atoms with Gasteiger partial charge >= 0.3 is 0 Å². The molecule has 1 aliphatic heterocycles. The predicted octanol–water partition coefficient (Wildman–Crippen LogP) is 5.08. The predicted molar refractivity (Wildman–Crippen MR) is 132 cm³/mol. The molecule has 2 N–H and O–H groups in total. The minimum Gasteiger partial charge on any atom is -0.493 e. The summed E-state index contributed by atoms with van der Waals surface area (Å²) in [5.74, 6) is -0.0898. The standard InChI is InChI=1S/C25H23Cl2N3O4/c1-33-22-13-19(12-21(27)24(22)34-15-16-5-3-2-4-6-16)28-29-25(32)17-11-23(31)30(14-17)20-9-7-18(26)8-10-20/h2-10,12-13,17,28H,11,14-15H2,1H3,(H,29,32)/t17-/m0/s1. The highest BCUT2D eigenvalue weighted by molar-refractivity contribution is 6.32. The van der Waals surface area contributed by atoms with Gasteiger partial charge in [-0.25, -0.2) is 0 Å². The molecule has 0 bridgehead atoms. The van der Waals surface area contributed by atoms with Gasteiger partial charge in [0, 0.05) is 29.7 Å². The molecule has 0 saturated carbocycles. The fraction of sp³-hybridized carbons (Fsp3) is 0.200. The molecule has 0 aliphatic carbocycles. The monoisotopic (exact) mass is 499 g/mol. The largest absolute Gasteiger partial charge is 0.493 e. The van der Waals surface area contributed by atoms with Crippen molar-refractivity contribution in [3.8, 4) is 11.5 Å². The molecule has 1 atom stereocenters. The SMILES string of the molecule is COc1cc(NNC(=O)[C@H]2CC(=O)N(c3ccc(Cl)cc3)C2)cc(Cl)c1OCc1ccccc1. The van der Waals surface area contributed by atoms with Crippen LogP contribution in [0.3, 0.4) is 0 Å². The molecule has 3 aromatic carbocycles. The van der Waals surface area contributed by atoms with Crippen molar-refractivity contribution in [1.29, 1.82) is 0 Å². The van der Waals surface area contributed by atoms with E-state index >= 15 is 0 Å².